The molecule has 0 aliphatic heterocycles. The maximum Gasteiger partial charge on any atom is 0.219 e. The zero-order chi connectivity index (χ0) is 17.0. The van der Waals surface area contributed by atoms with E-state index in [0.29, 0.717) is 24.4 Å². The van der Waals surface area contributed by atoms with Gasteiger partial charge in [-0.25, -0.2) is 0 Å². The van der Waals surface area contributed by atoms with E-state index in [1.807, 2.05) is 0 Å². The van der Waals surface area contributed by atoms with Crippen LogP contribution >= 0.6 is 11.8 Å². The molecule has 0 aromatic heterocycles. The number of carbonyl (C=O) groups is 3. The molecule has 1 N–H and O–H groups in total. The van der Waals surface area contributed by atoms with Gasteiger partial charge in [-0.05, 0) is 25.3 Å². The summed E-state index contributed by atoms with van der Waals surface area (Å²) in [5.41, 5.74) is 0.540. The molecule has 0 aliphatic carbocycles. The minimum atomic E-state index is -0.0125. The van der Waals surface area contributed by atoms with E-state index < -0.39 is 0 Å². The number of hydrogen-bond donors (Lipinski definition) is 1. The number of rotatable bonds is 11. The van der Waals surface area contributed by atoms with Gasteiger partial charge < -0.3 is 10.2 Å². The van der Waals surface area contributed by atoms with E-state index in [9.17, 15) is 14.4 Å². The van der Waals surface area contributed by atoms with Crippen molar-refractivity contribution in [3.05, 3.63) is 12.2 Å². The Kier molecular flexibility index (Phi) is 11.5. The van der Waals surface area contributed by atoms with E-state index >= 15 is 0 Å². The van der Waals surface area contributed by atoms with Crippen molar-refractivity contribution in [2.75, 3.05) is 25.4 Å². The molecule has 0 fully saturated rings. The largest absolute Gasteiger partial charge is 0.356 e. The highest BCUT2D eigenvalue weighted by Gasteiger charge is 2.10. The molecule has 6 heteroatoms. The van der Waals surface area contributed by atoms with Crippen molar-refractivity contribution in [2.24, 2.45) is 0 Å². The fourth-order valence-corrected chi connectivity index (χ4v) is 2.59. The normalized spacial score (nSPS) is 10.1. The number of hydrogen-bond acceptors (Lipinski definition) is 4. The standard InChI is InChI=1S/C16H28N2O3S/c1-13(2)16(21)22-12-11-18(15(4)20)10-8-6-5-7-9-17-14(3)19/h1,5-12H2,2-4H3,(H,17,19). The summed E-state index contributed by atoms with van der Waals surface area (Å²) in [6.45, 7) is 10.4. The molecule has 0 radical (unpaired) electrons. The topological polar surface area (TPSA) is 66.5 Å². The van der Waals surface area contributed by atoms with Crippen molar-refractivity contribution in [3.63, 3.8) is 0 Å². The molecular weight excluding hydrogens is 300 g/mol. The zero-order valence-corrected chi connectivity index (χ0v) is 14.8. The van der Waals surface area contributed by atoms with Crippen LogP contribution in [0.2, 0.25) is 0 Å². The van der Waals surface area contributed by atoms with E-state index in [2.05, 4.69) is 11.9 Å². The van der Waals surface area contributed by atoms with Crippen molar-refractivity contribution in [1.29, 1.82) is 0 Å². The van der Waals surface area contributed by atoms with Crippen molar-refractivity contribution < 1.29 is 14.4 Å². The molecule has 0 bridgehead atoms. The van der Waals surface area contributed by atoms with Crippen LogP contribution < -0.4 is 5.32 Å². The Bertz CT molecular complexity index is 397. The lowest BCUT2D eigenvalue weighted by Crippen LogP contribution is -2.32. The molecule has 0 heterocycles. The minimum Gasteiger partial charge on any atom is -0.356 e. The second-order valence-corrected chi connectivity index (χ2v) is 6.39. The molecule has 0 aliphatic rings. The summed E-state index contributed by atoms with van der Waals surface area (Å²) in [5.74, 6) is 0.652. The van der Waals surface area contributed by atoms with E-state index in [1.165, 1.54) is 18.7 Å². The maximum atomic E-state index is 11.6. The fraction of sp³-hybridized carbons (Fsp3) is 0.688. The number of nitrogens with one attached hydrogen (secondary N) is 1. The summed E-state index contributed by atoms with van der Waals surface area (Å²) in [7, 11) is 0. The predicted octanol–water partition coefficient (Wildman–Crippen LogP) is 2.37. The third kappa shape index (κ3) is 11.4. The molecular formula is C16H28N2O3S. The smallest absolute Gasteiger partial charge is 0.219 e. The molecule has 22 heavy (non-hydrogen) atoms. The number of unbranched alkanes of at least 4 members (excludes halogenated alkanes) is 3. The highest BCUT2D eigenvalue weighted by atomic mass is 32.2. The van der Waals surface area contributed by atoms with Gasteiger partial charge in [0, 0.05) is 39.2 Å². The first kappa shape index (κ1) is 20.7. The second-order valence-electron chi connectivity index (χ2n) is 5.32. The monoisotopic (exact) mass is 328 g/mol. The number of thioether (sulfide) groups is 1. The van der Waals surface area contributed by atoms with Crippen LogP contribution in [0.1, 0.15) is 46.5 Å². The first-order valence-electron chi connectivity index (χ1n) is 7.67. The first-order chi connectivity index (χ1) is 10.3. The Morgan fingerprint density at radius 2 is 1.64 bits per heavy atom. The number of nitrogens with zero attached hydrogens (tertiary/aromatic N) is 1. The van der Waals surface area contributed by atoms with Crippen LogP contribution in [0.15, 0.2) is 12.2 Å². The van der Waals surface area contributed by atoms with Crippen molar-refractivity contribution in [3.8, 4) is 0 Å². The van der Waals surface area contributed by atoms with E-state index in [1.54, 1.807) is 18.7 Å². The summed E-state index contributed by atoms with van der Waals surface area (Å²) in [6, 6.07) is 0. The second kappa shape index (κ2) is 12.3. The Morgan fingerprint density at radius 3 is 2.18 bits per heavy atom. The van der Waals surface area contributed by atoms with Gasteiger partial charge in [0.25, 0.3) is 0 Å². The third-order valence-electron chi connectivity index (χ3n) is 3.12. The third-order valence-corrected chi connectivity index (χ3v) is 4.11. The molecule has 2 amide bonds. The lowest BCUT2D eigenvalue weighted by Gasteiger charge is -2.20. The maximum absolute atomic E-state index is 11.6. The SMILES string of the molecule is C=C(C)C(=O)SCCN(CCCCCCNC(C)=O)C(C)=O. The molecule has 5 nitrogen and oxygen atoms in total. The lowest BCUT2D eigenvalue weighted by molar-refractivity contribution is -0.128. The Morgan fingerprint density at radius 1 is 1.00 bits per heavy atom. The van der Waals surface area contributed by atoms with Crippen LogP contribution in [0.3, 0.4) is 0 Å². The van der Waals surface area contributed by atoms with Crippen molar-refractivity contribution in [2.45, 2.75) is 46.5 Å². The van der Waals surface area contributed by atoms with Crippen LogP contribution in [-0.4, -0.2) is 47.2 Å². The van der Waals surface area contributed by atoms with E-state index in [0.717, 1.165) is 32.2 Å². The highest BCUT2D eigenvalue weighted by molar-refractivity contribution is 8.14. The molecule has 0 rings (SSSR count). The van der Waals surface area contributed by atoms with Crippen LogP contribution in [0.4, 0.5) is 0 Å². The fourth-order valence-electron chi connectivity index (χ4n) is 1.84. The van der Waals surface area contributed by atoms with E-state index in [4.69, 9.17) is 0 Å². The Balaban J connectivity index is 3.77. The molecule has 0 saturated carbocycles. The van der Waals surface area contributed by atoms with Gasteiger partial charge in [-0.1, -0.05) is 31.2 Å². The van der Waals surface area contributed by atoms with Crippen molar-refractivity contribution >= 4 is 28.7 Å². The molecule has 0 saturated heterocycles. The van der Waals surface area contributed by atoms with Crippen LogP contribution in [0, 0.1) is 0 Å². The Labute approximate surface area is 137 Å². The summed E-state index contributed by atoms with van der Waals surface area (Å²) >= 11 is 1.21. The lowest BCUT2D eigenvalue weighted by atomic mass is 10.2. The molecule has 0 spiro atoms. The van der Waals surface area contributed by atoms with Crippen molar-refractivity contribution in [1.82, 2.24) is 10.2 Å². The molecule has 0 aromatic carbocycles. The van der Waals surface area contributed by atoms with Crippen LogP contribution in [0.5, 0.6) is 0 Å². The summed E-state index contributed by atoms with van der Waals surface area (Å²) in [5, 5.41) is 2.75. The van der Waals surface area contributed by atoms with Gasteiger partial charge in [-0.2, -0.15) is 0 Å². The average molecular weight is 328 g/mol. The van der Waals surface area contributed by atoms with Crippen LogP contribution in [0.25, 0.3) is 0 Å². The van der Waals surface area contributed by atoms with Gasteiger partial charge in [0.05, 0.1) is 0 Å². The van der Waals surface area contributed by atoms with Crippen LogP contribution in [-0.2, 0) is 14.4 Å². The van der Waals surface area contributed by atoms with Gasteiger partial charge in [0.2, 0.25) is 16.9 Å². The molecule has 0 unspecified atom stereocenters. The summed E-state index contributed by atoms with van der Waals surface area (Å²) < 4.78 is 0. The molecule has 0 atom stereocenters. The van der Waals surface area contributed by atoms with Gasteiger partial charge in [-0.15, -0.1) is 0 Å². The Hall–Kier alpha value is -1.30. The number of carbonyl (C=O) groups excluding carboxylic acids is 3. The van der Waals surface area contributed by atoms with Gasteiger partial charge >= 0.3 is 0 Å². The quantitative estimate of drug-likeness (QED) is 0.467. The van der Waals surface area contributed by atoms with E-state index in [-0.39, 0.29) is 16.9 Å². The zero-order valence-electron chi connectivity index (χ0n) is 13.9. The summed E-state index contributed by atoms with van der Waals surface area (Å²) in [6.07, 6.45) is 3.97. The van der Waals surface area contributed by atoms with Gasteiger partial charge in [0.15, 0.2) is 0 Å². The average Bonchev–Trinajstić information content (AvgIpc) is 2.43. The summed E-state index contributed by atoms with van der Waals surface area (Å²) in [4.78, 5) is 35.5. The highest BCUT2D eigenvalue weighted by Crippen LogP contribution is 2.10. The molecule has 126 valence electrons. The number of amides is 2. The predicted molar refractivity (Wildman–Crippen MR) is 91.7 cm³/mol. The van der Waals surface area contributed by atoms with Gasteiger partial charge in [0.1, 0.15) is 0 Å². The first-order valence-corrected chi connectivity index (χ1v) is 8.65. The van der Waals surface area contributed by atoms with Gasteiger partial charge in [-0.3, -0.25) is 14.4 Å². The molecule has 0 aromatic rings. The minimum absolute atomic E-state index is 0.00422.